The molecule has 5 heteroatoms. The second-order valence-electron chi connectivity index (χ2n) is 5.32. The molecule has 112 valence electrons. The third-order valence-corrected chi connectivity index (χ3v) is 3.12. The van der Waals surface area contributed by atoms with Gasteiger partial charge in [0.05, 0.1) is 0 Å². The van der Waals surface area contributed by atoms with Gasteiger partial charge in [-0.05, 0) is 44.9 Å². The molecule has 2 aromatic rings. The zero-order valence-corrected chi connectivity index (χ0v) is 13.4. The SMILES string of the molecule is Cc1cc(NCCc2cccc(Cl)c2)nc(NC(C)C)n1. The Morgan fingerprint density at radius 1 is 1.19 bits per heavy atom. The number of halogens is 1. The summed E-state index contributed by atoms with van der Waals surface area (Å²) >= 11 is 5.98. The second-order valence-corrected chi connectivity index (χ2v) is 5.76. The van der Waals surface area contributed by atoms with Crippen LogP contribution in [0, 0.1) is 6.92 Å². The Balaban J connectivity index is 1.95. The van der Waals surface area contributed by atoms with E-state index in [0.717, 1.165) is 29.5 Å². The van der Waals surface area contributed by atoms with Gasteiger partial charge in [0.2, 0.25) is 5.95 Å². The fourth-order valence-electron chi connectivity index (χ4n) is 2.01. The van der Waals surface area contributed by atoms with Crippen molar-refractivity contribution in [3.8, 4) is 0 Å². The normalized spacial score (nSPS) is 10.7. The van der Waals surface area contributed by atoms with Crippen molar-refractivity contribution in [1.29, 1.82) is 0 Å². The summed E-state index contributed by atoms with van der Waals surface area (Å²) in [7, 11) is 0. The molecule has 1 aromatic heterocycles. The summed E-state index contributed by atoms with van der Waals surface area (Å²) in [6, 6.07) is 10.2. The lowest BCUT2D eigenvalue weighted by atomic mass is 10.1. The van der Waals surface area contributed by atoms with Gasteiger partial charge in [-0.2, -0.15) is 4.98 Å². The van der Waals surface area contributed by atoms with E-state index in [-0.39, 0.29) is 0 Å². The molecule has 0 atom stereocenters. The molecule has 21 heavy (non-hydrogen) atoms. The van der Waals surface area contributed by atoms with Gasteiger partial charge < -0.3 is 10.6 Å². The first-order valence-corrected chi connectivity index (χ1v) is 7.51. The lowest BCUT2D eigenvalue weighted by Gasteiger charge is -2.11. The minimum Gasteiger partial charge on any atom is -0.370 e. The van der Waals surface area contributed by atoms with Crippen molar-refractivity contribution in [2.75, 3.05) is 17.2 Å². The van der Waals surface area contributed by atoms with Gasteiger partial charge in [-0.15, -0.1) is 0 Å². The predicted octanol–water partition coefficient (Wildman–Crippen LogP) is 3.91. The summed E-state index contributed by atoms with van der Waals surface area (Å²) in [6.45, 7) is 6.91. The van der Waals surface area contributed by atoms with Crippen LogP contribution in [0.3, 0.4) is 0 Å². The summed E-state index contributed by atoms with van der Waals surface area (Å²) in [5.41, 5.74) is 2.15. The molecule has 0 spiro atoms. The van der Waals surface area contributed by atoms with E-state index in [1.807, 2.05) is 31.2 Å². The van der Waals surface area contributed by atoms with Crippen LogP contribution in [-0.4, -0.2) is 22.6 Å². The van der Waals surface area contributed by atoms with Gasteiger partial charge in [0.15, 0.2) is 0 Å². The number of benzene rings is 1. The van der Waals surface area contributed by atoms with E-state index in [1.54, 1.807) is 0 Å². The van der Waals surface area contributed by atoms with E-state index in [1.165, 1.54) is 5.56 Å². The van der Waals surface area contributed by atoms with E-state index >= 15 is 0 Å². The number of rotatable bonds is 6. The topological polar surface area (TPSA) is 49.8 Å². The van der Waals surface area contributed by atoms with Crippen LogP contribution in [0.5, 0.6) is 0 Å². The van der Waals surface area contributed by atoms with Crippen molar-refractivity contribution in [2.24, 2.45) is 0 Å². The smallest absolute Gasteiger partial charge is 0.225 e. The van der Waals surface area contributed by atoms with E-state index in [2.05, 4.69) is 40.5 Å². The number of aromatic nitrogens is 2. The second kappa shape index (κ2) is 7.27. The zero-order valence-electron chi connectivity index (χ0n) is 12.7. The largest absolute Gasteiger partial charge is 0.370 e. The molecule has 1 aromatic carbocycles. The molecule has 0 unspecified atom stereocenters. The Kier molecular flexibility index (Phi) is 5.39. The third-order valence-electron chi connectivity index (χ3n) is 2.88. The van der Waals surface area contributed by atoms with Crippen molar-refractivity contribution < 1.29 is 0 Å². The predicted molar refractivity (Wildman–Crippen MR) is 89.2 cm³/mol. The molecule has 0 aliphatic carbocycles. The molecule has 4 nitrogen and oxygen atoms in total. The summed E-state index contributed by atoms with van der Waals surface area (Å²) in [5, 5.41) is 7.33. The van der Waals surface area contributed by atoms with E-state index in [4.69, 9.17) is 11.6 Å². The molecule has 2 N–H and O–H groups in total. The quantitative estimate of drug-likeness (QED) is 0.849. The first-order chi connectivity index (χ1) is 10.0. The van der Waals surface area contributed by atoms with Crippen LogP contribution < -0.4 is 10.6 Å². The monoisotopic (exact) mass is 304 g/mol. The molecular formula is C16H21ClN4. The summed E-state index contributed by atoms with van der Waals surface area (Å²) in [4.78, 5) is 8.84. The summed E-state index contributed by atoms with van der Waals surface area (Å²) in [5.74, 6) is 1.50. The number of hydrogen-bond donors (Lipinski definition) is 2. The van der Waals surface area contributed by atoms with E-state index in [9.17, 15) is 0 Å². The molecule has 0 saturated carbocycles. The average Bonchev–Trinajstić information content (AvgIpc) is 2.37. The molecule has 0 saturated heterocycles. The van der Waals surface area contributed by atoms with Crippen molar-refractivity contribution in [1.82, 2.24) is 9.97 Å². The zero-order chi connectivity index (χ0) is 15.2. The van der Waals surface area contributed by atoms with Crippen molar-refractivity contribution >= 4 is 23.4 Å². The van der Waals surface area contributed by atoms with Crippen LogP contribution in [0.1, 0.15) is 25.1 Å². The highest BCUT2D eigenvalue weighted by atomic mass is 35.5. The highest BCUT2D eigenvalue weighted by Gasteiger charge is 2.03. The molecule has 2 rings (SSSR count). The van der Waals surface area contributed by atoms with Crippen molar-refractivity contribution in [3.63, 3.8) is 0 Å². The molecule has 0 fully saturated rings. The number of nitrogens with zero attached hydrogens (tertiary/aromatic N) is 2. The number of hydrogen-bond acceptors (Lipinski definition) is 4. The Hall–Kier alpha value is -1.81. The number of nitrogens with one attached hydrogen (secondary N) is 2. The molecule has 0 radical (unpaired) electrons. The van der Waals surface area contributed by atoms with Crippen LogP contribution in [0.2, 0.25) is 5.02 Å². The Bertz CT molecular complexity index is 599. The van der Waals surface area contributed by atoms with Gasteiger partial charge in [-0.25, -0.2) is 4.98 Å². The summed E-state index contributed by atoms with van der Waals surface area (Å²) in [6.07, 6.45) is 0.899. The van der Waals surface area contributed by atoms with E-state index < -0.39 is 0 Å². The van der Waals surface area contributed by atoms with Gasteiger partial charge in [0, 0.05) is 29.4 Å². The van der Waals surface area contributed by atoms with Gasteiger partial charge in [0.1, 0.15) is 5.82 Å². The lowest BCUT2D eigenvalue weighted by Crippen LogP contribution is -2.14. The molecule has 0 aliphatic heterocycles. The fraction of sp³-hybridized carbons (Fsp3) is 0.375. The maximum Gasteiger partial charge on any atom is 0.225 e. The molecule has 0 bridgehead atoms. The highest BCUT2D eigenvalue weighted by Crippen LogP contribution is 2.13. The Labute approximate surface area is 131 Å². The number of anilines is 2. The van der Waals surface area contributed by atoms with Crippen LogP contribution >= 0.6 is 11.6 Å². The highest BCUT2D eigenvalue weighted by molar-refractivity contribution is 6.30. The first kappa shape index (κ1) is 15.6. The minimum absolute atomic E-state index is 0.311. The van der Waals surface area contributed by atoms with Crippen molar-refractivity contribution in [3.05, 3.63) is 46.6 Å². The maximum atomic E-state index is 5.98. The van der Waals surface area contributed by atoms with Gasteiger partial charge in [-0.3, -0.25) is 0 Å². The van der Waals surface area contributed by atoms with Crippen LogP contribution in [-0.2, 0) is 6.42 Å². The van der Waals surface area contributed by atoms with Gasteiger partial charge >= 0.3 is 0 Å². The van der Waals surface area contributed by atoms with Gasteiger partial charge in [-0.1, -0.05) is 23.7 Å². The Morgan fingerprint density at radius 3 is 2.71 bits per heavy atom. The maximum absolute atomic E-state index is 5.98. The third kappa shape index (κ3) is 5.23. The van der Waals surface area contributed by atoms with Gasteiger partial charge in [0.25, 0.3) is 0 Å². The molecule has 0 amide bonds. The van der Waals surface area contributed by atoms with Crippen LogP contribution in [0.25, 0.3) is 0 Å². The lowest BCUT2D eigenvalue weighted by molar-refractivity contribution is 0.869. The molecule has 0 aliphatic rings. The van der Waals surface area contributed by atoms with Crippen LogP contribution in [0.4, 0.5) is 11.8 Å². The Morgan fingerprint density at radius 2 is 2.00 bits per heavy atom. The molecule has 1 heterocycles. The van der Waals surface area contributed by atoms with Crippen LogP contribution in [0.15, 0.2) is 30.3 Å². The average molecular weight is 305 g/mol. The van der Waals surface area contributed by atoms with E-state index in [0.29, 0.717) is 12.0 Å². The molecular weight excluding hydrogens is 284 g/mol. The summed E-state index contributed by atoms with van der Waals surface area (Å²) < 4.78 is 0. The minimum atomic E-state index is 0.311. The van der Waals surface area contributed by atoms with Crippen molar-refractivity contribution in [2.45, 2.75) is 33.2 Å². The fourth-order valence-corrected chi connectivity index (χ4v) is 2.22. The first-order valence-electron chi connectivity index (χ1n) is 7.13. The number of aryl methyl sites for hydroxylation is 1. The standard InChI is InChI=1S/C16H21ClN4/c1-11(2)19-16-20-12(3)9-15(21-16)18-8-7-13-5-4-6-14(17)10-13/h4-6,9-11H,7-8H2,1-3H3,(H2,18,19,20,21).